The zero-order valence-electron chi connectivity index (χ0n) is 27.7. The number of amides is 2. The summed E-state index contributed by atoms with van der Waals surface area (Å²) in [7, 11) is 5.55. The van der Waals surface area contributed by atoms with Crippen LogP contribution in [0.1, 0.15) is 22.3 Å². The quantitative estimate of drug-likeness (QED) is 0.161. The average Bonchev–Trinajstić information content (AvgIpc) is 3.71. The number of carbonyl (C=O) groups excluding carboxylic acids is 2. The number of likely N-dealkylation sites (tertiary alicyclic amines) is 1. The topological polar surface area (TPSA) is 137 Å². The van der Waals surface area contributed by atoms with Gasteiger partial charge in [0, 0.05) is 44.0 Å². The Morgan fingerprint density at radius 1 is 0.980 bits per heavy atom. The van der Waals surface area contributed by atoms with Crippen molar-refractivity contribution in [3.05, 3.63) is 108 Å². The predicted molar refractivity (Wildman–Crippen MR) is 187 cm³/mol. The number of fused-ring (bicyclic) bond motifs is 1. The molecule has 252 valence electrons. The number of nitrogens with one attached hydrogen (secondary N) is 1. The first-order chi connectivity index (χ1) is 23.8. The van der Waals surface area contributed by atoms with E-state index in [4.69, 9.17) is 25.0 Å². The van der Waals surface area contributed by atoms with E-state index in [1.165, 1.54) is 0 Å². The number of hydrogen-bond donors (Lipinski definition) is 2. The van der Waals surface area contributed by atoms with Crippen LogP contribution in [0, 0.1) is 0 Å². The molecule has 1 atom stereocenters. The molecular formula is C37H39N7O5. The summed E-state index contributed by atoms with van der Waals surface area (Å²) >= 11 is 0. The molecule has 0 radical (unpaired) electrons. The molecule has 1 saturated heterocycles. The van der Waals surface area contributed by atoms with E-state index >= 15 is 0 Å². The van der Waals surface area contributed by atoms with Crippen molar-refractivity contribution in [1.29, 1.82) is 0 Å². The Kier molecular flexibility index (Phi) is 10.1. The van der Waals surface area contributed by atoms with Gasteiger partial charge in [-0.2, -0.15) is 5.10 Å². The molecule has 1 aliphatic heterocycles. The molecule has 3 aromatic carbocycles. The Hall–Kier alpha value is -5.88. The molecule has 0 aliphatic carbocycles. The second-order valence-corrected chi connectivity index (χ2v) is 12.0. The van der Waals surface area contributed by atoms with E-state index in [2.05, 4.69) is 10.3 Å². The highest BCUT2D eigenvalue weighted by atomic mass is 16.5. The fourth-order valence-corrected chi connectivity index (χ4v) is 5.61. The Balaban J connectivity index is 1.31. The maximum absolute atomic E-state index is 12.8. The van der Waals surface area contributed by atoms with E-state index in [1.807, 2.05) is 84.6 Å². The maximum Gasteiger partial charge on any atom is 0.252 e. The second kappa shape index (κ2) is 14.9. The van der Waals surface area contributed by atoms with E-state index < -0.39 is 5.91 Å². The number of nitrogens with zero attached hydrogens (tertiary/aromatic N) is 5. The monoisotopic (exact) mass is 661 g/mol. The molecule has 12 nitrogen and oxygen atoms in total. The summed E-state index contributed by atoms with van der Waals surface area (Å²) < 4.78 is 19.5. The van der Waals surface area contributed by atoms with Gasteiger partial charge in [-0.1, -0.05) is 36.4 Å². The highest BCUT2D eigenvalue weighted by Crippen LogP contribution is 2.37. The standard InChI is InChI=1S/C37H39N7O5/c1-42(2)20-7-10-33(45)43-21-18-26(24-43)40-36-34-32(17-19-39-37(34)44(41-36)23-25-11-13-27(47-3)14-12-25)49-31-16-15-29(22-30(31)35(38)46)48-28-8-5-4-6-9-28/h4-17,19,22,26H,18,20-21,23-24H2,1-3H3,(H2,38,46)(H,40,41)/t26-/m1/s1. The predicted octanol–water partition coefficient (Wildman–Crippen LogP) is 5.30. The van der Waals surface area contributed by atoms with Gasteiger partial charge in [0.25, 0.3) is 5.91 Å². The van der Waals surface area contributed by atoms with Crippen LogP contribution in [0.5, 0.6) is 28.7 Å². The Bertz CT molecular complexity index is 1960. The molecule has 5 aromatic rings. The molecule has 6 rings (SSSR count). The van der Waals surface area contributed by atoms with Crippen LogP contribution in [-0.4, -0.2) is 83.3 Å². The van der Waals surface area contributed by atoms with Crippen LogP contribution in [0.15, 0.2) is 97.2 Å². The maximum atomic E-state index is 12.8. The number of hydrogen-bond acceptors (Lipinski definition) is 9. The third-order valence-electron chi connectivity index (χ3n) is 8.07. The van der Waals surface area contributed by atoms with Crippen molar-refractivity contribution in [3.8, 4) is 28.7 Å². The fourth-order valence-electron chi connectivity index (χ4n) is 5.61. The lowest BCUT2D eigenvalue weighted by Crippen LogP contribution is -2.30. The van der Waals surface area contributed by atoms with Crippen LogP contribution < -0.4 is 25.3 Å². The summed E-state index contributed by atoms with van der Waals surface area (Å²) in [5.74, 6) is 2.39. The molecule has 2 aromatic heterocycles. The van der Waals surface area contributed by atoms with E-state index in [1.54, 1.807) is 48.3 Å². The summed E-state index contributed by atoms with van der Waals surface area (Å²) in [5.41, 5.74) is 7.55. The number of methoxy groups -OCH3 is 1. The van der Waals surface area contributed by atoms with Gasteiger partial charge in [0.05, 0.1) is 19.2 Å². The minimum Gasteiger partial charge on any atom is -0.497 e. The third kappa shape index (κ3) is 7.99. The van der Waals surface area contributed by atoms with Crippen molar-refractivity contribution in [1.82, 2.24) is 24.6 Å². The molecule has 1 aliphatic rings. The van der Waals surface area contributed by atoms with E-state index in [-0.39, 0.29) is 23.3 Å². The number of anilines is 1. The fraction of sp³-hybridized carbons (Fsp3) is 0.243. The third-order valence-corrected chi connectivity index (χ3v) is 8.07. The lowest BCUT2D eigenvalue weighted by molar-refractivity contribution is -0.125. The normalized spacial score (nSPS) is 14.4. The lowest BCUT2D eigenvalue weighted by atomic mass is 10.1. The molecule has 1 fully saturated rings. The van der Waals surface area contributed by atoms with Gasteiger partial charge in [-0.15, -0.1) is 0 Å². The molecule has 0 bridgehead atoms. The van der Waals surface area contributed by atoms with Crippen LogP contribution in [0.25, 0.3) is 11.0 Å². The Morgan fingerprint density at radius 3 is 2.49 bits per heavy atom. The summed E-state index contributed by atoms with van der Waals surface area (Å²) in [6, 6.07) is 23.6. The van der Waals surface area contributed by atoms with Gasteiger partial charge in [0.1, 0.15) is 34.1 Å². The highest BCUT2D eigenvalue weighted by molar-refractivity contribution is 5.97. The van der Waals surface area contributed by atoms with Crippen LogP contribution in [0.3, 0.4) is 0 Å². The van der Waals surface area contributed by atoms with Crippen LogP contribution in [-0.2, 0) is 11.3 Å². The molecule has 12 heteroatoms. The van der Waals surface area contributed by atoms with Gasteiger partial charge in [-0.05, 0) is 68.5 Å². The van der Waals surface area contributed by atoms with Gasteiger partial charge >= 0.3 is 0 Å². The molecule has 0 spiro atoms. The number of likely N-dealkylation sites (N-methyl/N-ethyl adjacent to an activating group) is 1. The molecule has 0 saturated carbocycles. The van der Waals surface area contributed by atoms with Crippen molar-refractivity contribution in [2.24, 2.45) is 5.73 Å². The molecule has 0 unspecified atom stereocenters. The Labute approximate surface area is 284 Å². The van der Waals surface area contributed by atoms with E-state index in [0.717, 1.165) is 17.7 Å². The number of rotatable bonds is 13. The van der Waals surface area contributed by atoms with Crippen molar-refractivity contribution in [2.45, 2.75) is 19.0 Å². The van der Waals surface area contributed by atoms with Crippen LogP contribution in [0.4, 0.5) is 5.82 Å². The van der Waals surface area contributed by atoms with E-state index in [9.17, 15) is 9.59 Å². The molecular weight excluding hydrogens is 622 g/mol. The molecule has 49 heavy (non-hydrogen) atoms. The average molecular weight is 662 g/mol. The number of para-hydroxylation sites is 1. The largest absolute Gasteiger partial charge is 0.497 e. The smallest absolute Gasteiger partial charge is 0.252 e. The van der Waals surface area contributed by atoms with Gasteiger partial charge in [0.2, 0.25) is 5.91 Å². The molecule has 2 amide bonds. The lowest BCUT2D eigenvalue weighted by Gasteiger charge is -2.16. The minimum absolute atomic E-state index is 0.0228. The number of nitrogens with two attached hydrogens (primary N) is 1. The van der Waals surface area contributed by atoms with Gasteiger partial charge in [-0.25, -0.2) is 9.67 Å². The summed E-state index contributed by atoms with van der Waals surface area (Å²) in [4.78, 5) is 34.0. The number of pyridine rings is 1. The van der Waals surface area contributed by atoms with Gasteiger partial charge < -0.3 is 35.1 Å². The van der Waals surface area contributed by atoms with Gasteiger partial charge in [0.15, 0.2) is 11.5 Å². The second-order valence-electron chi connectivity index (χ2n) is 12.0. The number of benzene rings is 3. The Morgan fingerprint density at radius 2 is 1.76 bits per heavy atom. The van der Waals surface area contributed by atoms with Crippen molar-refractivity contribution < 1.29 is 23.8 Å². The van der Waals surface area contributed by atoms with Crippen molar-refractivity contribution in [3.63, 3.8) is 0 Å². The van der Waals surface area contributed by atoms with Crippen molar-refractivity contribution >= 4 is 28.7 Å². The SMILES string of the molecule is COc1ccc(Cn2nc(N[C@@H]3CCN(C(=O)C=CCN(C)C)C3)c3c(Oc4ccc(Oc5ccccc5)cc4C(N)=O)ccnc32)cc1. The van der Waals surface area contributed by atoms with Crippen LogP contribution >= 0.6 is 0 Å². The summed E-state index contributed by atoms with van der Waals surface area (Å²) in [6.45, 7) is 2.26. The number of aromatic nitrogens is 3. The number of primary amides is 1. The zero-order valence-corrected chi connectivity index (χ0v) is 27.7. The highest BCUT2D eigenvalue weighted by Gasteiger charge is 2.28. The van der Waals surface area contributed by atoms with Gasteiger partial charge in [-0.3, -0.25) is 9.59 Å². The first-order valence-electron chi connectivity index (χ1n) is 16.0. The van der Waals surface area contributed by atoms with Crippen molar-refractivity contribution in [2.75, 3.05) is 46.2 Å². The first-order valence-corrected chi connectivity index (χ1v) is 16.0. The first kappa shape index (κ1) is 33.0. The summed E-state index contributed by atoms with van der Waals surface area (Å²) in [6.07, 6.45) is 5.88. The number of ether oxygens (including phenoxy) is 3. The van der Waals surface area contributed by atoms with E-state index in [0.29, 0.717) is 60.3 Å². The summed E-state index contributed by atoms with van der Waals surface area (Å²) in [5, 5.41) is 9.14. The zero-order chi connectivity index (χ0) is 34.3. The molecule has 3 heterocycles. The minimum atomic E-state index is -0.664. The number of carbonyl (C=O) groups is 2. The van der Waals surface area contributed by atoms with Crippen LogP contribution in [0.2, 0.25) is 0 Å². The molecule has 3 N–H and O–H groups in total.